The maximum absolute atomic E-state index is 5.08. The van der Waals surface area contributed by atoms with Crippen LogP contribution in [-0.2, 0) is 25.7 Å². The van der Waals surface area contributed by atoms with Crippen LogP contribution in [0.5, 0.6) is 0 Å². The summed E-state index contributed by atoms with van der Waals surface area (Å²) in [6, 6.07) is 30.6. The molecule has 14 aromatic rings. The Balaban J connectivity index is 0.000000222. The van der Waals surface area contributed by atoms with E-state index in [0.717, 1.165) is 64.4 Å². The van der Waals surface area contributed by atoms with Crippen molar-refractivity contribution < 1.29 is 0 Å². The number of hydrogen-bond acceptors (Lipinski definition) is 16. The van der Waals surface area contributed by atoms with Gasteiger partial charge in [0.05, 0.1) is 18.7 Å². The van der Waals surface area contributed by atoms with Crippen molar-refractivity contribution in [1.82, 2.24) is 29.1 Å². The van der Waals surface area contributed by atoms with Gasteiger partial charge in [0.1, 0.15) is 21.3 Å². The first-order valence-corrected chi connectivity index (χ1v) is 84.6. The van der Waals surface area contributed by atoms with E-state index in [1.807, 2.05) is 28.9 Å². The Morgan fingerprint density at radius 2 is 0.572 bits per heavy atom. The summed E-state index contributed by atoms with van der Waals surface area (Å²) in [6.07, 6.45) is 75.2. The average Bonchev–Trinajstić information content (AvgIpc) is 1.56. The smallest absolute Gasteiger partial charge is 0.133 e. The molecular weight excluding hydrogens is 2220 g/mol. The maximum Gasteiger partial charge on any atom is 0.133 e. The van der Waals surface area contributed by atoms with Crippen molar-refractivity contribution in [2.24, 2.45) is 23.7 Å². The Kier molecular flexibility index (Phi) is 49.9. The predicted molar refractivity (Wildman–Crippen MR) is 644 cm³/mol. The molecule has 6 nitrogen and oxygen atoms in total. The first-order chi connectivity index (χ1) is 67.1. The van der Waals surface area contributed by atoms with Gasteiger partial charge in [-0.3, -0.25) is 4.98 Å². The fourth-order valence-electron chi connectivity index (χ4n) is 20.6. The van der Waals surface area contributed by atoms with Gasteiger partial charge < -0.3 is 0 Å². The van der Waals surface area contributed by atoms with Crippen molar-refractivity contribution in [3.05, 3.63) is 124 Å². The van der Waals surface area contributed by atoms with Gasteiger partial charge in [-0.25, -0.2) is 4.98 Å². The van der Waals surface area contributed by atoms with E-state index in [2.05, 4.69) is 296 Å². The standard InChI is InChI=1S/C57H79N3S5.C50H72S4.C5HBr2N3S.6CH3.2Sn/c1-7-11-15-19-21-25-29-42(27-23-17-13-9-3)36-44-31-33-48(62-44)51-46-35-41(6)61-56(46)52(47-38-50(64-57(47)51)53-54-55(65-60-59-54)40(5)39-58-53)49-34-32-45(63-49)37-43(28-24-18-14-10-4)30-26-22-20-16-12-8-2;1-5-9-13-17-19-23-27-39(25-21-15-11-7-3)37-41-29-31-45(53-41)47-43-33-35-52-50(43)48(44-34-36-51-49(44)47)46-32-30-42(54-46)38-40(26-22-16-12-8-4)28-24-20-18-14-10-6-2;6-2-1-8-5(7)3-4(2)11-10-9-3;;;;;;;;/h31-35,38-39,42-43H,7-30,36-37H2,1-6H3;29-34,39-40H,5-28,37-38H2,1-4H3;1H;6*1H3;;. The molecule has 12 heterocycles. The first kappa shape index (κ1) is 114. The van der Waals surface area contributed by atoms with Crippen molar-refractivity contribution in [1.29, 1.82) is 0 Å². The molecule has 0 N–H and O–H groups in total. The van der Waals surface area contributed by atoms with Gasteiger partial charge in [0.15, 0.2) is 0 Å². The molecule has 0 saturated carbocycles. The average molecular weight is 2390 g/mol. The summed E-state index contributed by atoms with van der Waals surface area (Å²) in [5.74, 6) is 3.21. The van der Waals surface area contributed by atoms with Gasteiger partial charge >= 0.3 is 306 Å². The molecule has 2 aromatic carbocycles. The van der Waals surface area contributed by atoms with Crippen molar-refractivity contribution in [3.8, 4) is 52.3 Å². The van der Waals surface area contributed by atoms with Crippen molar-refractivity contribution >= 4 is 249 Å². The third kappa shape index (κ3) is 33.8. The predicted octanol–water partition coefficient (Wildman–Crippen LogP) is 44.1. The normalized spacial score (nSPS) is 13.1. The Labute approximate surface area is 900 Å². The van der Waals surface area contributed by atoms with Crippen LogP contribution in [0.15, 0.2) is 94.3 Å². The minimum absolute atomic E-state index is 0.740. The third-order valence-corrected chi connectivity index (χ3v) is 59.7. The zero-order valence-corrected chi connectivity index (χ0v) is 105. The molecule has 0 bridgehead atoms. The van der Waals surface area contributed by atoms with Crippen molar-refractivity contribution in [2.75, 3.05) is 0 Å². The molecule has 0 aliphatic rings. The molecule has 20 heteroatoms. The second-order valence-corrected chi connectivity index (χ2v) is 85.7. The number of aromatic nitrogens is 6. The van der Waals surface area contributed by atoms with Gasteiger partial charge in [-0.1, -0.05) is 296 Å². The van der Waals surface area contributed by atoms with E-state index in [1.54, 1.807) is 62.8 Å². The summed E-state index contributed by atoms with van der Waals surface area (Å²) in [7, 11) is 0. The van der Waals surface area contributed by atoms with E-state index in [0.29, 0.717) is 0 Å². The molecule has 4 unspecified atom stereocenters. The molecule has 12 aromatic heterocycles. The SMILES string of the molecule is Brc1ncc(Br)c2snnc12.CCCCCCCCC(CCCCCC)Cc1ccc(-c2c3c[c]([Sn]([CH3])([CH3])[CH3])sc3c(-c3ccc(CC(CCCCCC)CCCCCCCC)s3)c3c[c]([Sn]([CH3])([CH3])[CH3])sc23)s1.CCCCCCCCC(CCCCCC)Cc1ccc(-c2c3cc(-c4ncc(C)c5snnc45)sc3c(-c3ccc(CC(CCCCCC)CCCCCCCC)s3)c3cc(C)sc23)s1. The van der Waals surface area contributed by atoms with Gasteiger partial charge in [-0.2, -0.15) is 0 Å². The fourth-order valence-corrected chi connectivity index (χ4v) is 43.0. The summed E-state index contributed by atoms with van der Waals surface area (Å²) in [5, 5.41) is 14.5. The number of unbranched alkanes of at least 4 members (excludes halogenated alkanes) is 32. The Hall–Kier alpha value is -2.42. The van der Waals surface area contributed by atoms with E-state index in [4.69, 9.17) is 4.98 Å². The second-order valence-electron chi connectivity index (χ2n) is 42.7. The van der Waals surface area contributed by atoms with Crippen LogP contribution in [0.1, 0.15) is 394 Å². The van der Waals surface area contributed by atoms with Crippen molar-refractivity contribution in [2.45, 2.75) is 433 Å². The Morgan fingerprint density at radius 1 is 0.283 bits per heavy atom. The molecule has 0 fully saturated rings. The number of rotatable bonds is 63. The molecule has 0 aliphatic heterocycles. The second kappa shape index (κ2) is 60.3. The summed E-state index contributed by atoms with van der Waals surface area (Å²) in [5.41, 5.74) is 9.87. The number of halogens is 2. The van der Waals surface area contributed by atoms with E-state index >= 15 is 0 Å². The van der Waals surface area contributed by atoms with Crippen LogP contribution < -0.4 is 5.79 Å². The van der Waals surface area contributed by atoms with Crippen LogP contribution in [0.4, 0.5) is 0 Å². The van der Waals surface area contributed by atoms with Crippen LogP contribution in [0.25, 0.3) is 113 Å². The van der Waals surface area contributed by atoms with Gasteiger partial charge in [0.2, 0.25) is 0 Å². The number of thiophene rings is 8. The molecule has 14 rings (SSSR count). The van der Waals surface area contributed by atoms with Crippen LogP contribution in [0.2, 0.25) is 29.6 Å². The number of hydrogen-bond donors (Lipinski definition) is 0. The van der Waals surface area contributed by atoms with Crippen LogP contribution in [-0.4, -0.2) is 65.9 Å². The van der Waals surface area contributed by atoms with Crippen LogP contribution >= 0.6 is 146 Å². The van der Waals surface area contributed by atoms with Gasteiger partial charge in [0.25, 0.3) is 0 Å². The molecule has 0 spiro atoms. The topological polar surface area (TPSA) is 77.3 Å². The molecule has 754 valence electrons. The maximum atomic E-state index is 5.08. The van der Waals surface area contributed by atoms with Gasteiger partial charge in [-0.05, 0) is 135 Å². The number of fused-ring (bicyclic) bond motifs is 6. The monoisotopic (exact) mass is 2390 g/mol. The zero-order chi connectivity index (χ0) is 97.8. The molecule has 138 heavy (non-hydrogen) atoms. The number of aryl methyl sites for hydroxylation is 2. The van der Waals surface area contributed by atoms with E-state index in [1.165, 1.54) is 418 Å². The summed E-state index contributed by atoms with van der Waals surface area (Å²) >= 11 is 21.5. The molecule has 0 aliphatic carbocycles. The Morgan fingerprint density at radius 3 is 0.906 bits per heavy atom. The van der Waals surface area contributed by atoms with Crippen molar-refractivity contribution in [3.63, 3.8) is 0 Å². The molecule has 4 atom stereocenters. The summed E-state index contributed by atoms with van der Waals surface area (Å²) < 4.78 is 21.5. The van der Waals surface area contributed by atoms with Crippen LogP contribution in [0, 0.1) is 37.5 Å². The van der Waals surface area contributed by atoms with E-state index < -0.39 is 36.8 Å². The largest absolute Gasteiger partial charge is 0.253 e. The van der Waals surface area contributed by atoms with Crippen LogP contribution in [0.3, 0.4) is 0 Å². The quantitative estimate of drug-likeness (QED) is 0.0215. The molecule has 0 saturated heterocycles. The molecular formula is C118H170Br2N6S10Sn2. The number of benzene rings is 2. The zero-order valence-electron chi connectivity index (χ0n) is 87.7. The van der Waals surface area contributed by atoms with Gasteiger partial charge in [0, 0.05) is 68.1 Å². The third-order valence-electron chi connectivity index (χ3n) is 28.7. The van der Waals surface area contributed by atoms with E-state index in [-0.39, 0.29) is 0 Å². The summed E-state index contributed by atoms with van der Waals surface area (Å²) in [6.45, 7) is 23.1. The first-order valence-electron chi connectivity index (χ1n) is 55.0. The molecule has 0 radical (unpaired) electrons. The van der Waals surface area contributed by atoms with Gasteiger partial charge in [-0.15, -0.1) is 55.5 Å². The summed E-state index contributed by atoms with van der Waals surface area (Å²) in [4.78, 5) is 39.8. The number of pyridine rings is 2. The fraction of sp³-hybridized carbons (Fsp3) is 0.610. The molecule has 0 amide bonds. The minimum atomic E-state index is -2.39. The van der Waals surface area contributed by atoms with E-state index in [9.17, 15) is 0 Å². The Bertz CT molecular complexity index is 5530. The number of nitrogens with zero attached hydrogens (tertiary/aromatic N) is 6. The minimum Gasteiger partial charge on any atom is -0.253 e.